The van der Waals surface area contributed by atoms with Gasteiger partial charge in [0.15, 0.2) is 11.9 Å². The fourth-order valence-electron chi connectivity index (χ4n) is 3.85. The van der Waals surface area contributed by atoms with Gasteiger partial charge < -0.3 is 5.11 Å². The van der Waals surface area contributed by atoms with E-state index >= 15 is 0 Å². The molecule has 92 valence electrons. The standard InChI is InChI=1S/C15H22NO/c1-2-16-10-4-6-12-11-5-3-7-15(17)13(11)8-9-14(12)16/h4,6,10-11,13,15,17H,2-3,5,7-9H2,1H3/q+1. The maximum atomic E-state index is 10.1. The van der Waals surface area contributed by atoms with Crippen molar-refractivity contribution in [1.29, 1.82) is 0 Å². The van der Waals surface area contributed by atoms with E-state index in [9.17, 15) is 5.11 Å². The molecule has 2 heteroatoms. The first-order valence-electron chi connectivity index (χ1n) is 7.00. The van der Waals surface area contributed by atoms with Crippen molar-refractivity contribution < 1.29 is 9.67 Å². The third kappa shape index (κ3) is 1.79. The summed E-state index contributed by atoms with van der Waals surface area (Å²) in [6.45, 7) is 3.27. The second-order valence-electron chi connectivity index (χ2n) is 5.50. The third-order valence-electron chi connectivity index (χ3n) is 4.70. The number of aryl methyl sites for hydroxylation is 1. The first kappa shape index (κ1) is 11.2. The molecule has 0 spiro atoms. The van der Waals surface area contributed by atoms with Gasteiger partial charge in [-0.05, 0) is 44.1 Å². The summed E-state index contributed by atoms with van der Waals surface area (Å²) in [5.41, 5.74) is 3.04. The SMILES string of the molecule is CC[n+]1cccc2c1CCC1C(O)CCCC21. The van der Waals surface area contributed by atoms with Crippen LogP contribution >= 0.6 is 0 Å². The summed E-state index contributed by atoms with van der Waals surface area (Å²) in [7, 11) is 0. The van der Waals surface area contributed by atoms with Crippen molar-refractivity contribution in [1.82, 2.24) is 0 Å². The van der Waals surface area contributed by atoms with Gasteiger partial charge in [0.25, 0.3) is 0 Å². The minimum Gasteiger partial charge on any atom is -0.393 e. The summed E-state index contributed by atoms with van der Waals surface area (Å²) in [6, 6.07) is 4.46. The van der Waals surface area contributed by atoms with Gasteiger partial charge in [-0.15, -0.1) is 0 Å². The molecule has 2 aliphatic rings. The molecule has 0 aliphatic heterocycles. The summed E-state index contributed by atoms with van der Waals surface area (Å²) < 4.78 is 2.38. The molecule has 2 aliphatic carbocycles. The Morgan fingerprint density at radius 1 is 1.35 bits per heavy atom. The molecule has 3 atom stereocenters. The highest BCUT2D eigenvalue weighted by atomic mass is 16.3. The van der Waals surface area contributed by atoms with Gasteiger partial charge in [-0.1, -0.05) is 6.42 Å². The van der Waals surface area contributed by atoms with E-state index in [2.05, 4.69) is 29.8 Å². The number of aromatic nitrogens is 1. The van der Waals surface area contributed by atoms with E-state index < -0.39 is 0 Å². The minimum atomic E-state index is -0.0582. The number of aliphatic hydroxyl groups excluding tert-OH is 1. The molecule has 1 aromatic rings. The van der Waals surface area contributed by atoms with Crippen LogP contribution in [0.2, 0.25) is 0 Å². The number of fused-ring (bicyclic) bond motifs is 3. The highest BCUT2D eigenvalue weighted by Gasteiger charge is 2.39. The van der Waals surface area contributed by atoms with E-state index in [0.29, 0.717) is 11.8 Å². The largest absolute Gasteiger partial charge is 0.393 e. The zero-order valence-corrected chi connectivity index (χ0v) is 10.6. The number of pyridine rings is 1. The Bertz CT molecular complexity index is 415. The molecule has 2 nitrogen and oxygen atoms in total. The van der Waals surface area contributed by atoms with Crippen LogP contribution in [0.15, 0.2) is 18.3 Å². The summed E-state index contributed by atoms with van der Waals surface area (Å²) >= 11 is 0. The summed E-state index contributed by atoms with van der Waals surface area (Å²) in [5.74, 6) is 1.13. The molecule has 3 unspecified atom stereocenters. The van der Waals surface area contributed by atoms with Gasteiger partial charge in [-0.25, -0.2) is 4.57 Å². The summed E-state index contributed by atoms with van der Waals surface area (Å²) in [5, 5.41) is 10.1. The maximum Gasteiger partial charge on any atom is 0.184 e. The Hall–Kier alpha value is -0.890. The van der Waals surface area contributed by atoms with Crippen LogP contribution < -0.4 is 4.57 Å². The number of hydrogen-bond donors (Lipinski definition) is 1. The van der Waals surface area contributed by atoms with Crippen LogP contribution in [0.25, 0.3) is 0 Å². The topological polar surface area (TPSA) is 24.1 Å². The monoisotopic (exact) mass is 232 g/mol. The van der Waals surface area contributed by atoms with Crippen LogP contribution in [0.1, 0.15) is 49.8 Å². The lowest BCUT2D eigenvalue weighted by Gasteiger charge is -2.38. The molecule has 1 fully saturated rings. The average molecular weight is 232 g/mol. The number of hydrogen-bond acceptors (Lipinski definition) is 1. The van der Waals surface area contributed by atoms with Gasteiger partial charge in [-0.3, -0.25) is 0 Å². The third-order valence-corrected chi connectivity index (χ3v) is 4.70. The molecule has 0 amide bonds. The molecule has 0 bridgehead atoms. The smallest absolute Gasteiger partial charge is 0.184 e. The molecule has 1 heterocycles. The predicted molar refractivity (Wildman–Crippen MR) is 66.7 cm³/mol. The quantitative estimate of drug-likeness (QED) is 0.737. The van der Waals surface area contributed by atoms with Gasteiger partial charge >= 0.3 is 0 Å². The molecule has 1 N–H and O–H groups in total. The Morgan fingerprint density at radius 2 is 2.24 bits per heavy atom. The van der Waals surface area contributed by atoms with Crippen molar-refractivity contribution >= 4 is 0 Å². The number of rotatable bonds is 1. The van der Waals surface area contributed by atoms with E-state index in [1.54, 1.807) is 0 Å². The minimum absolute atomic E-state index is 0.0582. The Morgan fingerprint density at radius 3 is 3.06 bits per heavy atom. The lowest BCUT2D eigenvalue weighted by atomic mass is 9.68. The van der Waals surface area contributed by atoms with Crippen LogP contribution in [-0.2, 0) is 13.0 Å². The van der Waals surface area contributed by atoms with E-state index in [0.717, 1.165) is 19.4 Å². The first-order chi connectivity index (χ1) is 8.31. The Kier molecular flexibility index (Phi) is 2.91. The zero-order valence-electron chi connectivity index (χ0n) is 10.6. The van der Waals surface area contributed by atoms with Crippen LogP contribution in [0, 0.1) is 5.92 Å². The van der Waals surface area contributed by atoms with Gasteiger partial charge in [0.1, 0.15) is 6.54 Å². The van der Waals surface area contributed by atoms with E-state index in [1.807, 2.05) is 0 Å². The molecule has 17 heavy (non-hydrogen) atoms. The molecule has 0 saturated heterocycles. The van der Waals surface area contributed by atoms with Gasteiger partial charge in [0.2, 0.25) is 0 Å². The number of aliphatic hydroxyl groups is 1. The highest BCUT2D eigenvalue weighted by Crippen LogP contribution is 2.44. The van der Waals surface area contributed by atoms with Crippen molar-refractivity contribution in [3.8, 4) is 0 Å². The van der Waals surface area contributed by atoms with Crippen molar-refractivity contribution in [3.05, 3.63) is 29.6 Å². The summed E-state index contributed by atoms with van der Waals surface area (Å²) in [4.78, 5) is 0. The second-order valence-corrected chi connectivity index (χ2v) is 5.50. The average Bonchev–Trinajstić information content (AvgIpc) is 2.38. The normalized spacial score (nSPS) is 31.8. The Balaban J connectivity index is 2.01. The van der Waals surface area contributed by atoms with Crippen LogP contribution in [0.4, 0.5) is 0 Å². The first-order valence-corrected chi connectivity index (χ1v) is 7.00. The molecular weight excluding hydrogens is 210 g/mol. The van der Waals surface area contributed by atoms with Crippen molar-refractivity contribution in [2.45, 2.75) is 57.6 Å². The van der Waals surface area contributed by atoms with E-state index in [-0.39, 0.29) is 6.10 Å². The predicted octanol–water partition coefficient (Wildman–Crippen LogP) is 2.18. The van der Waals surface area contributed by atoms with Crippen LogP contribution in [0.3, 0.4) is 0 Å². The fourth-order valence-corrected chi connectivity index (χ4v) is 3.85. The van der Waals surface area contributed by atoms with Crippen molar-refractivity contribution in [2.24, 2.45) is 5.92 Å². The van der Waals surface area contributed by atoms with E-state index in [4.69, 9.17) is 0 Å². The van der Waals surface area contributed by atoms with Crippen LogP contribution in [0.5, 0.6) is 0 Å². The lowest BCUT2D eigenvalue weighted by Crippen LogP contribution is -2.43. The van der Waals surface area contributed by atoms with Crippen LogP contribution in [-0.4, -0.2) is 11.2 Å². The molecular formula is C15H22NO+. The van der Waals surface area contributed by atoms with Crippen molar-refractivity contribution in [2.75, 3.05) is 0 Å². The van der Waals surface area contributed by atoms with Gasteiger partial charge in [-0.2, -0.15) is 0 Å². The van der Waals surface area contributed by atoms with Gasteiger partial charge in [0, 0.05) is 18.1 Å². The molecule has 3 rings (SSSR count). The second kappa shape index (κ2) is 4.41. The number of nitrogens with zero attached hydrogens (tertiary/aromatic N) is 1. The maximum absolute atomic E-state index is 10.1. The summed E-state index contributed by atoms with van der Waals surface area (Å²) in [6.07, 6.45) is 7.91. The Labute approximate surface area is 103 Å². The highest BCUT2D eigenvalue weighted by molar-refractivity contribution is 5.26. The van der Waals surface area contributed by atoms with E-state index in [1.165, 1.54) is 30.5 Å². The molecule has 1 aromatic heterocycles. The van der Waals surface area contributed by atoms with Crippen molar-refractivity contribution in [3.63, 3.8) is 0 Å². The lowest BCUT2D eigenvalue weighted by molar-refractivity contribution is -0.701. The zero-order chi connectivity index (χ0) is 11.8. The fraction of sp³-hybridized carbons (Fsp3) is 0.667. The molecule has 0 radical (unpaired) electrons. The molecule has 0 aromatic carbocycles. The molecule has 1 saturated carbocycles. The van der Waals surface area contributed by atoms with Gasteiger partial charge in [0.05, 0.1) is 6.10 Å².